The van der Waals surface area contributed by atoms with E-state index in [0.29, 0.717) is 12.0 Å². The zero-order valence-electron chi connectivity index (χ0n) is 19.5. The molecule has 184 valence electrons. The summed E-state index contributed by atoms with van der Waals surface area (Å²) in [4.78, 5) is 15.1. The first-order valence-electron chi connectivity index (χ1n) is 12.3. The monoisotopic (exact) mass is 494 g/mol. The highest BCUT2D eigenvalue weighted by Crippen LogP contribution is 2.33. The fraction of sp³-hybridized carbons (Fsp3) is 0.370. The number of aromatic nitrogens is 1. The van der Waals surface area contributed by atoms with Gasteiger partial charge in [0, 0.05) is 40.5 Å². The lowest BCUT2D eigenvalue weighted by Gasteiger charge is -2.15. The van der Waals surface area contributed by atoms with Crippen molar-refractivity contribution in [2.75, 3.05) is 0 Å². The lowest BCUT2D eigenvalue weighted by Crippen LogP contribution is -2.40. The molecule has 5 rings (SSSR count). The molecule has 35 heavy (non-hydrogen) atoms. The van der Waals surface area contributed by atoms with Crippen LogP contribution in [-0.4, -0.2) is 30.5 Å². The summed E-state index contributed by atoms with van der Waals surface area (Å²) in [5, 5.41) is 11.8. The van der Waals surface area contributed by atoms with Crippen LogP contribution >= 0.6 is 0 Å². The molecule has 0 saturated heterocycles. The Balaban J connectivity index is 1.19. The fourth-order valence-electron chi connectivity index (χ4n) is 5.08. The van der Waals surface area contributed by atoms with E-state index < -0.39 is 22.0 Å². The molecule has 0 amide bonds. The topological polar surface area (TPSA) is 112 Å². The molecule has 1 unspecified atom stereocenters. The van der Waals surface area contributed by atoms with E-state index in [1.165, 1.54) is 28.6 Å². The largest absolute Gasteiger partial charge is 0.480 e. The van der Waals surface area contributed by atoms with Crippen LogP contribution < -0.4 is 4.72 Å². The van der Waals surface area contributed by atoms with Crippen molar-refractivity contribution in [3.05, 3.63) is 65.5 Å². The molecule has 4 aromatic rings. The minimum absolute atomic E-state index is 0.0293. The number of fused-ring (bicyclic) bond motifs is 4. The van der Waals surface area contributed by atoms with Gasteiger partial charge in [-0.15, -0.1) is 0 Å². The highest BCUT2D eigenvalue weighted by Gasteiger charge is 2.26. The zero-order chi connectivity index (χ0) is 24.4. The van der Waals surface area contributed by atoms with Gasteiger partial charge in [0.1, 0.15) is 17.4 Å². The van der Waals surface area contributed by atoms with E-state index in [0.717, 1.165) is 61.6 Å². The normalized spacial score (nSPS) is 14.9. The van der Waals surface area contributed by atoms with Crippen LogP contribution in [0.2, 0.25) is 0 Å². The third kappa shape index (κ3) is 4.99. The van der Waals surface area contributed by atoms with Crippen LogP contribution in [0.4, 0.5) is 0 Å². The predicted octanol–water partition coefficient (Wildman–Crippen LogP) is 5.33. The molecule has 7 nitrogen and oxygen atoms in total. The number of para-hydroxylation sites is 1. The smallest absolute Gasteiger partial charge is 0.321 e. The molecule has 0 bridgehead atoms. The molecule has 0 saturated carbocycles. The minimum Gasteiger partial charge on any atom is -0.480 e. The van der Waals surface area contributed by atoms with Gasteiger partial charge in [0.25, 0.3) is 0 Å². The SMILES string of the molecule is O=C(O)C(CCCCCc1c[nH]c2ccccc12)NS(=O)(=O)c1ccc2c3c(oc2c1)CCCC3. The van der Waals surface area contributed by atoms with E-state index in [1.54, 1.807) is 6.07 Å². The number of hydrogen-bond acceptors (Lipinski definition) is 4. The number of carboxylic acid groups (broad SMARTS) is 1. The Morgan fingerprint density at radius 2 is 1.89 bits per heavy atom. The van der Waals surface area contributed by atoms with Gasteiger partial charge in [-0.25, -0.2) is 8.42 Å². The van der Waals surface area contributed by atoms with Gasteiger partial charge in [-0.05, 0) is 62.3 Å². The van der Waals surface area contributed by atoms with Gasteiger partial charge in [0.2, 0.25) is 10.0 Å². The van der Waals surface area contributed by atoms with Crippen LogP contribution in [0.1, 0.15) is 55.4 Å². The molecule has 0 fully saturated rings. The number of carboxylic acids is 1. The quantitative estimate of drug-likeness (QED) is 0.258. The first-order chi connectivity index (χ1) is 16.9. The van der Waals surface area contributed by atoms with Crippen molar-refractivity contribution >= 4 is 37.9 Å². The molecule has 0 spiro atoms. The molecule has 1 aliphatic rings. The molecule has 1 aliphatic carbocycles. The third-order valence-corrected chi connectivity index (χ3v) is 8.42. The second-order valence-corrected chi connectivity index (χ2v) is 11.1. The molecule has 3 N–H and O–H groups in total. The summed E-state index contributed by atoms with van der Waals surface area (Å²) in [6.07, 6.45) is 9.46. The summed E-state index contributed by atoms with van der Waals surface area (Å²) in [6.45, 7) is 0. The second kappa shape index (κ2) is 9.87. The van der Waals surface area contributed by atoms with Gasteiger partial charge in [0.15, 0.2) is 0 Å². The van der Waals surface area contributed by atoms with Crippen molar-refractivity contribution in [3.63, 3.8) is 0 Å². The fourth-order valence-corrected chi connectivity index (χ4v) is 6.32. The summed E-state index contributed by atoms with van der Waals surface area (Å²) in [5.41, 5.74) is 4.06. The number of aryl methyl sites for hydroxylation is 3. The Morgan fingerprint density at radius 3 is 2.74 bits per heavy atom. The summed E-state index contributed by atoms with van der Waals surface area (Å²) in [5.74, 6) is -0.232. The molecule has 1 atom stereocenters. The van der Waals surface area contributed by atoms with Crippen LogP contribution in [0.5, 0.6) is 0 Å². The van der Waals surface area contributed by atoms with Crippen LogP contribution in [0, 0.1) is 0 Å². The Bertz CT molecular complexity index is 1470. The second-order valence-electron chi connectivity index (χ2n) is 9.34. The first-order valence-corrected chi connectivity index (χ1v) is 13.7. The standard InChI is InChI=1S/C27H30N2O5S/c30-27(31)24(12-3-1-2-8-18-17-28-23-11-6-4-9-20(18)23)29-35(32,33)19-14-15-22-21-10-5-7-13-25(21)34-26(22)16-19/h4,6,9,11,14-17,24,28-29H,1-3,5,7-8,10,12-13H2,(H,30,31). The number of hydrogen-bond donors (Lipinski definition) is 3. The van der Waals surface area contributed by atoms with E-state index in [-0.39, 0.29) is 11.3 Å². The Labute approximate surface area is 204 Å². The lowest BCUT2D eigenvalue weighted by molar-refractivity contribution is -0.139. The van der Waals surface area contributed by atoms with Gasteiger partial charge >= 0.3 is 5.97 Å². The summed E-state index contributed by atoms with van der Waals surface area (Å²) in [7, 11) is -3.99. The maximum atomic E-state index is 13.0. The van der Waals surface area contributed by atoms with Gasteiger partial charge in [-0.2, -0.15) is 4.72 Å². The summed E-state index contributed by atoms with van der Waals surface area (Å²) < 4.78 is 34.3. The number of carbonyl (C=O) groups is 1. The number of rotatable bonds is 10. The number of unbranched alkanes of at least 4 members (excludes halogenated alkanes) is 2. The van der Waals surface area contributed by atoms with E-state index in [1.807, 2.05) is 24.4 Å². The van der Waals surface area contributed by atoms with Crippen molar-refractivity contribution in [3.8, 4) is 0 Å². The van der Waals surface area contributed by atoms with Crippen molar-refractivity contribution in [2.24, 2.45) is 0 Å². The number of aliphatic carboxylic acids is 1. The highest BCUT2D eigenvalue weighted by atomic mass is 32.2. The van der Waals surface area contributed by atoms with E-state index in [9.17, 15) is 18.3 Å². The number of nitrogens with one attached hydrogen (secondary N) is 2. The highest BCUT2D eigenvalue weighted by molar-refractivity contribution is 7.89. The average molecular weight is 495 g/mol. The van der Waals surface area contributed by atoms with Crippen molar-refractivity contribution < 1.29 is 22.7 Å². The Kier molecular flexibility index (Phi) is 6.67. The average Bonchev–Trinajstić information content (AvgIpc) is 3.43. The van der Waals surface area contributed by atoms with Crippen LogP contribution in [-0.2, 0) is 34.1 Å². The van der Waals surface area contributed by atoms with Gasteiger partial charge in [-0.3, -0.25) is 4.79 Å². The van der Waals surface area contributed by atoms with Crippen LogP contribution in [0.25, 0.3) is 21.9 Å². The van der Waals surface area contributed by atoms with E-state index >= 15 is 0 Å². The summed E-state index contributed by atoms with van der Waals surface area (Å²) >= 11 is 0. The number of furan rings is 1. The van der Waals surface area contributed by atoms with Crippen LogP contribution in [0.15, 0.2) is 58.0 Å². The van der Waals surface area contributed by atoms with Gasteiger partial charge in [0.05, 0.1) is 4.90 Å². The van der Waals surface area contributed by atoms with Gasteiger partial charge < -0.3 is 14.5 Å². The zero-order valence-corrected chi connectivity index (χ0v) is 20.4. The third-order valence-electron chi connectivity index (χ3n) is 6.95. The molecule has 8 heteroatoms. The van der Waals surface area contributed by atoms with Crippen molar-refractivity contribution in [1.29, 1.82) is 0 Å². The van der Waals surface area contributed by atoms with Crippen LogP contribution in [0.3, 0.4) is 0 Å². The maximum Gasteiger partial charge on any atom is 0.321 e. The molecule has 0 radical (unpaired) electrons. The Morgan fingerprint density at radius 1 is 1.06 bits per heavy atom. The molecular formula is C27H30N2O5S. The van der Waals surface area contributed by atoms with Crippen molar-refractivity contribution in [2.45, 2.75) is 68.7 Å². The maximum absolute atomic E-state index is 13.0. The molecule has 2 aromatic carbocycles. The van der Waals surface area contributed by atoms with E-state index in [4.69, 9.17) is 4.42 Å². The van der Waals surface area contributed by atoms with E-state index in [2.05, 4.69) is 15.8 Å². The molecule has 2 aromatic heterocycles. The Hall–Kier alpha value is -3.10. The van der Waals surface area contributed by atoms with Gasteiger partial charge in [-0.1, -0.05) is 31.0 Å². The lowest BCUT2D eigenvalue weighted by atomic mass is 9.96. The number of H-pyrrole nitrogens is 1. The minimum atomic E-state index is -3.99. The molecule has 0 aliphatic heterocycles. The van der Waals surface area contributed by atoms with Crippen molar-refractivity contribution in [1.82, 2.24) is 9.71 Å². The molecular weight excluding hydrogens is 464 g/mol. The number of aromatic amines is 1. The molecule has 2 heterocycles. The predicted molar refractivity (Wildman–Crippen MR) is 135 cm³/mol. The summed E-state index contributed by atoms with van der Waals surface area (Å²) in [6, 6.07) is 11.8. The number of benzene rings is 2. The first kappa shape index (κ1) is 23.6. The number of sulfonamides is 1.